The van der Waals surface area contributed by atoms with Crippen LogP contribution in [0, 0.1) is 13.8 Å². The molecule has 0 bridgehead atoms. The summed E-state index contributed by atoms with van der Waals surface area (Å²) in [6, 6.07) is 6.66. The van der Waals surface area contributed by atoms with Crippen LogP contribution >= 0.6 is 0 Å². The van der Waals surface area contributed by atoms with Crippen LogP contribution in [0.2, 0.25) is 0 Å². The van der Waals surface area contributed by atoms with E-state index >= 15 is 0 Å². The predicted octanol–water partition coefficient (Wildman–Crippen LogP) is 3.35. The quantitative estimate of drug-likeness (QED) is 0.731. The highest BCUT2D eigenvalue weighted by Crippen LogP contribution is 2.23. The number of ether oxygens (including phenoxy) is 2. The van der Waals surface area contributed by atoms with E-state index in [-0.39, 0.29) is 12.3 Å². The molecule has 1 unspecified atom stereocenters. The Morgan fingerprint density at radius 1 is 0.947 bits per heavy atom. The van der Waals surface area contributed by atoms with Crippen molar-refractivity contribution in [2.75, 3.05) is 19.8 Å². The fraction of sp³-hybridized carbons (Fsp3) is 0.625. The molecular weight excluding hydrogens is 238 g/mol. The lowest BCUT2D eigenvalue weighted by molar-refractivity contribution is -0.155. The summed E-state index contributed by atoms with van der Waals surface area (Å²) in [7, 11) is 0. The molecule has 0 fully saturated rings. The smallest absolute Gasteiger partial charge is 0.176 e. The molecule has 0 radical (unpaired) electrons. The molecule has 1 rings (SSSR count). The van der Waals surface area contributed by atoms with Gasteiger partial charge in [-0.25, -0.2) is 0 Å². The number of aryl methyl sites for hydroxylation is 2. The van der Waals surface area contributed by atoms with Crippen molar-refractivity contribution in [1.29, 1.82) is 0 Å². The summed E-state index contributed by atoms with van der Waals surface area (Å²) in [5.41, 5.74) is 3.76. The highest BCUT2D eigenvalue weighted by atomic mass is 16.7. The maximum absolute atomic E-state index is 5.75. The van der Waals surface area contributed by atoms with Crippen LogP contribution in [0.1, 0.15) is 43.5 Å². The first-order valence-electron chi connectivity index (χ1n) is 7.17. The number of nitrogens with one attached hydrogen (secondary N) is 1. The second kappa shape index (κ2) is 8.31. The molecule has 3 heteroatoms. The Morgan fingerprint density at radius 3 is 1.89 bits per heavy atom. The second-order valence-electron chi connectivity index (χ2n) is 4.74. The van der Waals surface area contributed by atoms with E-state index in [0.29, 0.717) is 13.2 Å². The van der Waals surface area contributed by atoms with E-state index in [1.807, 2.05) is 13.8 Å². The van der Waals surface area contributed by atoms with E-state index in [2.05, 4.69) is 44.3 Å². The topological polar surface area (TPSA) is 30.5 Å². The normalized spacial score (nSPS) is 12.9. The molecule has 0 saturated heterocycles. The Hall–Kier alpha value is -0.900. The van der Waals surface area contributed by atoms with Crippen molar-refractivity contribution < 1.29 is 9.47 Å². The van der Waals surface area contributed by atoms with E-state index in [0.717, 1.165) is 6.54 Å². The van der Waals surface area contributed by atoms with Crippen LogP contribution in [0.15, 0.2) is 18.2 Å². The zero-order valence-corrected chi connectivity index (χ0v) is 12.8. The fourth-order valence-corrected chi connectivity index (χ4v) is 2.35. The molecule has 19 heavy (non-hydrogen) atoms. The summed E-state index contributed by atoms with van der Waals surface area (Å²) >= 11 is 0. The fourth-order valence-electron chi connectivity index (χ4n) is 2.35. The summed E-state index contributed by atoms with van der Waals surface area (Å²) in [6.07, 6.45) is -0.240. The van der Waals surface area contributed by atoms with Crippen molar-refractivity contribution in [3.05, 3.63) is 34.9 Å². The van der Waals surface area contributed by atoms with Crippen molar-refractivity contribution >= 4 is 0 Å². The lowest BCUT2D eigenvalue weighted by Crippen LogP contribution is -2.36. The maximum atomic E-state index is 5.75. The Labute approximate surface area is 117 Å². The number of hydrogen-bond acceptors (Lipinski definition) is 3. The minimum absolute atomic E-state index is 0.0727. The Balaban J connectivity index is 3.01. The lowest BCUT2D eigenvalue weighted by atomic mass is 10.0. The van der Waals surface area contributed by atoms with Gasteiger partial charge in [0, 0.05) is 13.2 Å². The monoisotopic (exact) mass is 265 g/mol. The highest BCUT2D eigenvalue weighted by Gasteiger charge is 2.23. The molecule has 0 aliphatic carbocycles. The lowest BCUT2D eigenvalue weighted by Gasteiger charge is -2.28. The summed E-state index contributed by atoms with van der Waals surface area (Å²) in [4.78, 5) is 0. The summed E-state index contributed by atoms with van der Waals surface area (Å²) in [5.74, 6) is 0. The first-order valence-corrected chi connectivity index (χ1v) is 7.17. The Kier molecular flexibility index (Phi) is 7.06. The molecule has 3 nitrogen and oxygen atoms in total. The van der Waals surface area contributed by atoms with Gasteiger partial charge in [0.05, 0.1) is 6.04 Å². The van der Waals surface area contributed by atoms with Crippen LogP contribution in [0.5, 0.6) is 0 Å². The summed E-state index contributed by atoms with van der Waals surface area (Å²) < 4.78 is 11.5. The third-order valence-electron chi connectivity index (χ3n) is 2.96. The zero-order chi connectivity index (χ0) is 14.3. The van der Waals surface area contributed by atoms with E-state index in [9.17, 15) is 0 Å². The van der Waals surface area contributed by atoms with Crippen molar-refractivity contribution in [3.8, 4) is 0 Å². The average molecular weight is 265 g/mol. The summed E-state index contributed by atoms with van der Waals surface area (Å²) in [6.45, 7) is 12.5. The first kappa shape index (κ1) is 16.2. The number of rotatable bonds is 8. The van der Waals surface area contributed by atoms with E-state index in [4.69, 9.17) is 9.47 Å². The molecule has 1 aromatic carbocycles. The Bertz CT molecular complexity index is 353. The van der Waals surface area contributed by atoms with Crippen molar-refractivity contribution in [1.82, 2.24) is 5.32 Å². The molecule has 0 spiro atoms. The molecule has 0 saturated carbocycles. The standard InChI is InChI=1S/C16H27NO2/c1-6-17-15(16(18-7-2)19-8-3)14-10-12(4)9-13(5)11-14/h9-11,15-17H,6-8H2,1-5H3. The highest BCUT2D eigenvalue weighted by molar-refractivity contribution is 5.31. The van der Waals surface area contributed by atoms with Crippen LogP contribution in [-0.4, -0.2) is 26.0 Å². The maximum Gasteiger partial charge on any atom is 0.176 e. The van der Waals surface area contributed by atoms with Crippen LogP contribution in [-0.2, 0) is 9.47 Å². The average Bonchev–Trinajstić information content (AvgIpc) is 2.34. The summed E-state index contributed by atoms with van der Waals surface area (Å²) in [5, 5.41) is 3.47. The molecule has 0 aliphatic rings. The van der Waals surface area contributed by atoms with E-state index in [1.54, 1.807) is 0 Å². The van der Waals surface area contributed by atoms with Gasteiger partial charge in [-0.3, -0.25) is 0 Å². The van der Waals surface area contributed by atoms with Gasteiger partial charge in [0.15, 0.2) is 6.29 Å². The predicted molar refractivity (Wildman–Crippen MR) is 79.4 cm³/mol. The molecule has 108 valence electrons. The van der Waals surface area contributed by atoms with Crippen LogP contribution < -0.4 is 5.32 Å². The molecule has 1 N–H and O–H groups in total. The molecule has 0 heterocycles. The van der Waals surface area contributed by atoms with Gasteiger partial charge in [-0.2, -0.15) is 0 Å². The number of hydrogen-bond donors (Lipinski definition) is 1. The Morgan fingerprint density at radius 2 is 1.47 bits per heavy atom. The largest absolute Gasteiger partial charge is 0.351 e. The molecule has 1 aromatic rings. The van der Waals surface area contributed by atoms with Gasteiger partial charge in [0.25, 0.3) is 0 Å². The number of likely N-dealkylation sites (N-methyl/N-ethyl adjacent to an activating group) is 1. The number of benzene rings is 1. The van der Waals surface area contributed by atoms with E-state index < -0.39 is 0 Å². The molecule has 0 aliphatic heterocycles. The molecule has 0 amide bonds. The first-order chi connectivity index (χ1) is 9.12. The second-order valence-corrected chi connectivity index (χ2v) is 4.74. The van der Waals surface area contributed by atoms with Gasteiger partial charge < -0.3 is 14.8 Å². The minimum atomic E-state index is -0.240. The van der Waals surface area contributed by atoms with Crippen LogP contribution in [0.4, 0.5) is 0 Å². The van der Waals surface area contributed by atoms with Crippen LogP contribution in [0.25, 0.3) is 0 Å². The SMILES string of the molecule is CCNC(c1cc(C)cc(C)c1)C(OCC)OCC. The van der Waals surface area contributed by atoms with Crippen molar-refractivity contribution in [2.24, 2.45) is 0 Å². The van der Waals surface area contributed by atoms with Gasteiger partial charge in [-0.05, 0) is 39.8 Å². The van der Waals surface area contributed by atoms with Gasteiger partial charge in [0.1, 0.15) is 0 Å². The zero-order valence-electron chi connectivity index (χ0n) is 12.8. The van der Waals surface area contributed by atoms with Gasteiger partial charge >= 0.3 is 0 Å². The van der Waals surface area contributed by atoms with Gasteiger partial charge in [-0.15, -0.1) is 0 Å². The third-order valence-corrected chi connectivity index (χ3v) is 2.96. The van der Waals surface area contributed by atoms with Gasteiger partial charge in [-0.1, -0.05) is 36.2 Å². The van der Waals surface area contributed by atoms with E-state index in [1.165, 1.54) is 16.7 Å². The van der Waals surface area contributed by atoms with Crippen molar-refractivity contribution in [2.45, 2.75) is 47.0 Å². The van der Waals surface area contributed by atoms with Gasteiger partial charge in [0.2, 0.25) is 0 Å². The molecule has 1 atom stereocenters. The third kappa shape index (κ3) is 4.94. The minimum Gasteiger partial charge on any atom is -0.351 e. The molecule has 0 aromatic heterocycles. The molecular formula is C16H27NO2. The van der Waals surface area contributed by atoms with Crippen LogP contribution in [0.3, 0.4) is 0 Å². The van der Waals surface area contributed by atoms with Crippen molar-refractivity contribution in [3.63, 3.8) is 0 Å².